The van der Waals surface area contributed by atoms with Crippen molar-refractivity contribution in [1.82, 2.24) is 5.32 Å². The highest BCUT2D eigenvalue weighted by Gasteiger charge is 2.14. The zero-order valence-corrected chi connectivity index (χ0v) is 14.1. The first-order valence-corrected chi connectivity index (χ1v) is 7.77. The molecular formula is C18H22N3O3+. The van der Waals surface area contributed by atoms with Gasteiger partial charge in [0.05, 0.1) is 19.0 Å². The number of nitro groups is 1. The average molecular weight is 328 g/mol. The van der Waals surface area contributed by atoms with Crippen LogP contribution in [0.2, 0.25) is 0 Å². The first kappa shape index (κ1) is 17.6. The monoisotopic (exact) mass is 328 g/mol. The topological polar surface area (TPSA) is 76.7 Å². The molecule has 6 nitrogen and oxygen atoms in total. The second kappa shape index (κ2) is 7.70. The van der Waals surface area contributed by atoms with Gasteiger partial charge >= 0.3 is 0 Å². The van der Waals surface area contributed by atoms with E-state index >= 15 is 0 Å². The predicted octanol–water partition coefficient (Wildman–Crippen LogP) is 1.48. The Balaban J connectivity index is 2.09. The highest BCUT2D eigenvalue weighted by molar-refractivity contribution is 5.94. The number of amides is 1. The summed E-state index contributed by atoms with van der Waals surface area (Å²) in [7, 11) is 4.16. The molecule has 0 atom stereocenters. The first-order valence-electron chi connectivity index (χ1n) is 7.77. The minimum Gasteiger partial charge on any atom is -0.348 e. The Morgan fingerprint density at radius 1 is 1.17 bits per heavy atom. The van der Waals surface area contributed by atoms with Gasteiger partial charge in [0, 0.05) is 29.3 Å². The fourth-order valence-electron chi connectivity index (χ4n) is 2.56. The van der Waals surface area contributed by atoms with Gasteiger partial charge in [-0.05, 0) is 24.6 Å². The fraction of sp³-hybridized carbons (Fsp3) is 0.278. The molecule has 0 aromatic heterocycles. The van der Waals surface area contributed by atoms with Crippen molar-refractivity contribution in [3.8, 4) is 0 Å². The van der Waals surface area contributed by atoms with Crippen molar-refractivity contribution in [3.63, 3.8) is 0 Å². The van der Waals surface area contributed by atoms with Crippen LogP contribution in [0.3, 0.4) is 0 Å². The number of nitro benzene ring substituents is 1. The lowest BCUT2D eigenvalue weighted by molar-refractivity contribution is -0.872. The molecule has 0 heterocycles. The number of hydrogen-bond acceptors (Lipinski definition) is 3. The van der Waals surface area contributed by atoms with Crippen molar-refractivity contribution in [1.29, 1.82) is 0 Å². The van der Waals surface area contributed by atoms with E-state index in [0.29, 0.717) is 17.7 Å². The minimum atomic E-state index is -0.448. The van der Waals surface area contributed by atoms with E-state index in [-0.39, 0.29) is 11.6 Å². The highest BCUT2D eigenvalue weighted by Crippen LogP contribution is 2.18. The SMILES string of the molecule is Cc1cc(C(=O)NCc2ccccc2C[NH+](C)C)ccc1[N+](=O)[O-]. The molecule has 2 N–H and O–H groups in total. The van der Waals surface area contributed by atoms with E-state index in [1.165, 1.54) is 22.6 Å². The molecule has 1 amide bonds. The van der Waals surface area contributed by atoms with Gasteiger partial charge < -0.3 is 10.2 Å². The number of hydrogen-bond donors (Lipinski definition) is 2. The quantitative estimate of drug-likeness (QED) is 0.623. The maximum absolute atomic E-state index is 12.3. The van der Waals surface area contributed by atoms with Crippen LogP contribution < -0.4 is 10.2 Å². The van der Waals surface area contributed by atoms with E-state index in [4.69, 9.17) is 0 Å². The lowest BCUT2D eigenvalue weighted by Crippen LogP contribution is -3.04. The van der Waals surface area contributed by atoms with Crippen LogP contribution in [0.1, 0.15) is 27.0 Å². The lowest BCUT2D eigenvalue weighted by atomic mass is 10.1. The van der Waals surface area contributed by atoms with E-state index < -0.39 is 4.92 Å². The van der Waals surface area contributed by atoms with E-state index in [0.717, 1.165) is 12.1 Å². The zero-order valence-electron chi connectivity index (χ0n) is 14.1. The van der Waals surface area contributed by atoms with E-state index in [2.05, 4.69) is 25.5 Å². The molecule has 2 aromatic rings. The van der Waals surface area contributed by atoms with Crippen molar-refractivity contribution in [2.45, 2.75) is 20.0 Å². The molecule has 0 saturated heterocycles. The zero-order chi connectivity index (χ0) is 17.7. The van der Waals surface area contributed by atoms with Gasteiger partial charge in [-0.25, -0.2) is 0 Å². The summed E-state index contributed by atoms with van der Waals surface area (Å²) in [5.74, 6) is -0.236. The van der Waals surface area contributed by atoms with Gasteiger partial charge in [0.1, 0.15) is 6.54 Å². The summed E-state index contributed by atoms with van der Waals surface area (Å²) in [6, 6.07) is 12.4. The molecule has 0 bridgehead atoms. The summed E-state index contributed by atoms with van der Waals surface area (Å²) in [4.78, 5) is 24.0. The molecule has 6 heteroatoms. The Morgan fingerprint density at radius 3 is 2.42 bits per heavy atom. The summed E-state index contributed by atoms with van der Waals surface area (Å²) < 4.78 is 0. The molecule has 2 rings (SSSR count). The molecule has 0 aliphatic rings. The smallest absolute Gasteiger partial charge is 0.272 e. The van der Waals surface area contributed by atoms with E-state index in [1.807, 2.05) is 18.2 Å². The third-order valence-corrected chi connectivity index (χ3v) is 3.76. The Morgan fingerprint density at radius 2 is 1.83 bits per heavy atom. The Kier molecular flexibility index (Phi) is 5.65. The lowest BCUT2D eigenvalue weighted by Gasteiger charge is -2.13. The third kappa shape index (κ3) is 4.39. The van der Waals surface area contributed by atoms with Crippen molar-refractivity contribution in [2.75, 3.05) is 14.1 Å². The maximum atomic E-state index is 12.3. The molecule has 0 fully saturated rings. The van der Waals surface area contributed by atoms with Gasteiger partial charge in [-0.3, -0.25) is 14.9 Å². The van der Waals surface area contributed by atoms with Gasteiger partial charge in [-0.2, -0.15) is 0 Å². The van der Waals surface area contributed by atoms with Gasteiger partial charge in [0.25, 0.3) is 11.6 Å². The van der Waals surface area contributed by atoms with Crippen molar-refractivity contribution >= 4 is 11.6 Å². The number of carbonyl (C=O) groups excluding carboxylic acids is 1. The normalized spacial score (nSPS) is 10.7. The van der Waals surface area contributed by atoms with Gasteiger partial charge in [0.15, 0.2) is 0 Å². The molecule has 0 unspecified atom stereocenters. The predicted molar refractivity (Wildman–Crippen MR) is 92.0 cm³/mol. The summed E-state index contributed by atoms with van der Waals surface area (Å²) in [5, 5.41) is 13.7. The molecule has 2 aromatic carbocycles. The fourth-order valence-corrected chi connectivity index (χ4v) is 2.56. The highest BCUT2D eigenvalue weighted by atomic mass is 16.6. The van der Waals surface area contributed by atoms with Crippen LogP contribution in [-0.4, -0.2) is 24.9 Å². The molecular weight excluding hydrogens is 306 g/mol. The first-order chi connectivity index (χ1) is 11.4. The van der Waals surface area contributed by atoms with Crippen molar-refractivity contribution in [2.24, 2.45) is 0 Å². The number of aryl methyl sites for hydroxylation is 1. The van der Waals surface area contributed by atoms with Crippen LogP contribution in [0, 0.1) is 17.0 Å². The second-order valence-electron chi connectivity index (χ2n) is 6.09. The van der Waals surface area contributed by atoms with E-state index in [1.54, 1.807) is 13.0 Å². The molecule has 0 spiro atoms. The number of quaternary nitrogens is 1. The Hall–Kier alpha value is -2.73. The van der Waals surface area contributed by atoms with Crippen LogP contribution in [0.15, 0.2) is 42.5 Å². The van der Waals surface area contributed by atoms with Gasteiger partial charge in [-0.15, -0.1) is 0 Å². The molecule has 24 heavy (non-hydrogen) atoms. The summed E-state index contributed by atoms with van der Waals surface area (Å²) >= 11 is 0. The minimum absolute atomic E-state index is 0.0193. The molecule has 126 valence electrons. The van der Waals surface area contributed by atoms with Crippen LogP contribution in [0.4, 0.5) is 5.69 Å². The van der Waals surface area contributed by atoms with Crippen LogP contribution in [-0.2, 0) is 13.1 Å². The Labute approximate surface area is 141 Å². The average Bonchev–Trinajstić information content (AvgIpc) is 2.52. The third-order valence-electron chi connectivity index (χ3n) is 3.76. The molecule has 0 aliphatic heterocycles. The maximum Gasteiger partial charge on any atom is 0.272 e. The number of rotatable bonds is 6. The van der Waals surface area contributed by atoms with Crippen molar-refractivity contribution in [3.05, 3.63) is 74.8 Å². The van der Waals surface area contributed by atoms with Gasteiger partial charge in [0.2, 0.25) is 0 Å². The van der Waals surface area contributed by atoms with Crippen LogP contribution >= 0.6 is 0 Å². The van der Waals surface area contributed by atoms with Crippen LogP contribution in [0.5, 0.6) is 0 Å². The molecule has 0 saturated carbocycles. The van der Waals surface area contributed by atoms with Crippen molar-refractivity contribution < 1.29 is 14.6 Å². The summed E-state index contributed by atoms with van der Waals surface area (Å²) in [6.45, 7) is 2.94. The molecule has 0 radical (unpaired) electrons. The summed E-state index contributed by atoms with van der Waals surface area (Å²) in [6.07, 6.45) is 0. The standard InChI is InChI=1S/C18H21N3O3/c1-13-10-14(8-9-17(13)21(23)24)18(22)19-11-15-6-4-5-7-16(15)12-20(2)3/h4-10H,11-12H2,1-3H3,(H,19,22)/p+1. The van der Waals surface area contributed by atoms with E-state index in [9.17, 15) is 14.9 Å². The summed E-state index contributed by atoms with van der Waals surface area (Å²) in [5.41, 5.74) is 3.19. The number of nitrogens with one attached hydrogen (secondary N) is 2. The van der Waals surface area contributed by atoms with Gasteiger partial charge in [-0.1, -0.05) is 24.3 Å². The number of nitrogens with zero attached hydrogens (tertiary/aromatic N) is 1. The Bertz CT molecular complexity index is 757. The molecule has 0 aliphatic carbocycles. The number of benzene rings is 2. The van der Waals surface area contributed by atoms with Crippen LogP contribution in [0.25, 0.3) is 0 Å². The number of carbonyl (C=O) groups is 1. The largest absolute Gasteiger partial charge is 0.348 e. The second-order valence-corrected chi connectivity index (χ2v) is 6.09.